The van der Waals surface area contributed by atoms with Gasteiger partial charge in [0, 0.05) is 11.1 Å². The Labute approximate surface area is 189 Å². The van der Waals surface area contributed by atoms with E-state index < -0.39 is 36.6 Å². The minimum atomic E-state index is -4.89. The number of aromatic nitrogens is 3. The van der Waals surface area contributed by atoms with E-state index in [0.717, 1.165) is 4.57 Å². The molecule has 0 aliphatic carbocycles. The molecule has 0 fully saturated rings. The topological polar surface area (TPSA) is 110 Å². The van der Waals surface area contributed by atoms with Crippen LogP contribution in [0.5, 0.6) is 5.75 Å². The standard InChI is InChI=1S/C21H14ClF3N4O4/c1-32-14-4-2-3-11(17(14)22)18-12-7-10(9-26)5-6-13(12)29-19(15(33-18)8-16(30)31)27-28-20(29)21(23,24)25/h2-7,15,18H,8H2,1H3,(H,30,31)/t15-,18-/m1/s1. The normalized spacial score (nSPS) is 17.5. The van der Waals surface area contributed by atoms with E-state index in [9.17, 15) is 28.3 Å². The summed E-state index contributed by atoms with van der Waals surface area (Å²) in [4.78, 5) is 11.5. The van der Waals surface area contributed by atoms with Crippen LogP contribution in [-0.4, -0.2) is 33.0 Å². The summed E-state index contributed by atoms with van der Waals surface area (Å²) in [6.07, 6.45) is -8.12. The highest BCUT2D eigenvalue weighted by Crippen LogP contribution is 2.46. The molecule has 170 valence electrons. The second kappa shape index (κ2) is 8.38. The van der Waals surface area contributed by atoms with Gasteiger partial charge >= 0.3 is 12.1 Å². The third kappa shape index (κ3) is 3.99. The molecular formula is C21H14ClF3N4O4. The number of nitriles is 1. The first-order valence-electron chi connectivity index (χ1n) is 9.42. The fourth-order valence-electron chi connectivity index (χ4n) is 3.69. The zero-order chi connectivity index (χ0) is 23.9. The number of carboxylic acids is 1. The minimum absolute atomic E-state index is 0.0156. The number of halogens is 4. The number of alkyl halides is 3. The van der Waals surface area contributed by atoms with Crippen LogP contribution in [0.15, 0.2) is 36.4 Å². The van der Waals surface area contributed by atoms with Gasteiger partial charge in [0.1, 0.15) is 18.0 Å². The number of fused-ring (bicyclic) bond motifs is 3. The van der Waals surface area contributed by atoms with Crippen molar-refractivity contribution in [2.24, 2.45) is 0 Å². The van der Waals surface area contributed by atoms with Gasteiger partial charge in [-0.05, 0) is 24.3 Å². The fraction of sp³-hybridized carbons (Fsp3) is 0.238. The molecule has 0 saturated heterocycles. The van der Waals surface area contributed by atoms with E-state index in [-0.39, 0.29) is 33.4 Å². The van der Waals surface area contributed by atoms with E-state index in [0.29, 0.717) is 5.56 Å². The Bertz CT molecular complexity index is 1290. The second-order valence-corrected chi connectivity index (χ2v) is 7.44. The van der Waals surface area contributed by atoms with Gasteiger partial charge in [-0.2, -0.15) is 18.4 Å². The summed E-state index contributed by atoms with van der Waals surface area (Å²) in [6.45, 7) is 0. The van der Waals surface area contributed by atoms with Crippen molar-refractivity contribution in [2.45, 2.75) is 24.8 Å². The first kappa shape index (κ1) is 22.6. The molecule has 2 heterocycles. The number of rotatable bonds is 4. The first-order chi connectivity index (χ1) is 15.7. The number of methoxy groups -OCH3 is 1. The number of hydrogen-bond donors (Lipinski definition) is 1. The lowest BCUT2D eigenvalue weighted by Gasteiger charge is -2.23. The largest absolute Gasteiger partial charge is 0.495 e. The predicted octanol–water partition coefficient (Wildman–Crippen LogP) is 4.46. The summed E-state index contributed by atoms with van der Waals surface area (Å²) in [5, 5.41) is 25.8. The first-order valence-corrected chi connectivity index (χ1v) is 9.80. The third-order valence-electron chi connectivity index (χ3n) is 5.07. The maximum atomic E-state index is 13.8. The van der Waals surface area contributed by atoms with Gasteiger partial charge in [0.25, 0.3) is 0 Å². The smallest absolute Gasteiger partial charge is 0.452 e. The quantitative estimate of drug-likeness (QED) is 0.589. The van der Waals surface area contributed by atoms with Crippen molar-refractivity contribution in [2.75, 3.05) is 7.11 Å². The van der Waals surface area contributed by atoms with E-state index in [4.69, 9.17) is 21.1 Å². The number of nitrogens with zero attached hydrogens (tertiary/aromatic N) is 4. The van der Waals surface area contributed by atoms with Crippen LogP contribution in [-0.2, 0) is 15.7 Å². The Kier molecular flexibility index (Phi) is 5.73. The summed E-state index contributed by atoms with van der Waals surface area (Å²) < 4.78 is 53.3. The lowest BCUT2D eigenvalue weighted by Crippen LogP contribution is -2.17. The van der Waals surface area contributed by atoms with Crippen LogP contribution in [0.3, 0.4) is 0 Å². The molecule has 4 rings (SSSR count). The Morgan fingerprint density at radius 1 is 1.30 bits per heavy atom. The lowest BCUT2D eigenvalue weighted by molar-refractivity contribution is -0.146. The predicted molar refractivity (Wildman–Crippen MR) is 107 cm³/mol. The highest BCUT2D eigenvalue weighted by Gasteiger charge is 2.43. The monoisotopic (exact) mass is 478 g/mol. The van der Waals surface area contributed by atoms with Crippen molar-refractivity contribution < 1.29 is 32.5 Å². The summed E-state index contributed by atoms with van der Waals surface area (Å²) in [5.74, 6) is -2.72. The van der Waals surface area contributed by atoms with Gasteiger partial charge in [0.15, 0.2) is 5.82 Å². The van der Waals surface area contributed by atoms with Gasteiger partial charge in [-0.15, -0.1) is 10.2 Å². The van der Waals surface area contributed by atoms with Gasteiger partial charge in [0.05, 0.1) is 35.9 Å². The van der Waals surface area contributed by atoms with Crippen LogP contribution >= 0.6 is 11.6 Å². The molecule has 0 amide bonds. The Morgan fingerprint density at radius 3 is 2.70 bits per heavy atom. The van der Waals surface area contributed by atoms with Crippen LogP contribution in [0.1, 0.15) is 47.0 Å². The number of carbonyl (C=O) groups is 1. The summed E-state index contributed by atoms with van der Waals surface area (Å²) >= 11 is 6.48. The molecule has 33 heavy (non-hydrogen) atoms. The Morgan fingerprint density at radius 2 is 2.06 bits per heavy atom. The zero-order valence-corrected chi connectivity index (χ0v) is 17.6. The Hall–Kier alpha value is -3.62. The molecule has 0 saturated carbocycles. The number of carboxylic acid groups (broad SMARTS) is 1. The van der Waals surface area contributed by atoms with Gasteiger partial charge in [0.2, 0.25) is 5.82 Å². The van der Waals surface area contributed by atoms with E-state index in [1.54, 1.807) is 18.2 Å². The SMILES string of the molecule is COc1cccc([C@H]2O[C@H](CC(=O)O)c3nnc(C(F)(F)F)n3-c3ccc(C#N)cc32)c1Cl. The van der Waals surface area contributed by atoms with E-state index in [1.165, 1.54) is 25.3 Å². The van der Waals surface area contributed by atoms with E-state index >= 15 is 0 Å². The van der Waals surface area contributed by atoms with Crippen molar-refractivity contribution in [1.29, 1.82) is 5.26 Å². The van der Waals surface area contributed by atoms with Crippen LogP contribution in [0.2, 0.25) is 5.02 Å². The average molecular weight is 479 g/mol. The number of benzene rings is 2. The summed E-state index contributed by atoms with van der Waals surface area (Å²) in [7, 11) is 1.39. The van der Waals surface area contributed by atoms with Crippen molar-refractivity contribution in [3.8, 4) is 17.5 Å². The molecule has 1 aliphatic heterocycles. The van der Waals surface area contributed by atoms with Gasteiger partial charge in [-0.25, -0.2) is 0 Å². The fourth-order valence-corrected chi connectivity index (χ4v) is 3.99. The van der Waals surface area contributed by atoms with Crippen molar-refractivity contribution in [1.82, 2.24) is 14.8 Å². The van der Waals surface area contributed by atoms with Crippen LogP contribution < -0.4 is 4.74 Å². The average Bonchev–Trinajstić information content (AvgIpc) is 3.17. The maximum Gasteiger partial charge on any atom is 0.452 e. The molecule has 0 bridgehead atoms. The summed E-state index contributed by atoms with van der Waals surface area (Å²) in [6, 6.07) is 10.7. The molecule has 8 nitrogen and oxygen atoms in total. The van der Waals surface area contributed by atoms with Gasteiger partial charge in [-0.3, -0.25) is 9.36 Å². The van der Waals surface area contributed by atoms with Gasteiger partial charge < -0.3 is 14.6 Å². The van der Waals surface area contributed by atoms with E-state index in [2.05, 4.69) is 10.2 Å². The molecule has 1 aromatic heterocycles. The molecule has 3 aromatic rings. The maximum absolute atomic E-state index is 13.8. The molecule has 1 N–H and O–H groups in total. The molecule has 0 radical (unpaired) electrons. The molecule has 0 spiro atoms. The van der Waals surface area contributed by atoms with Crippen LogP contribution in [0.25, 0.3) is 5.69 Å². The minimum Gasteiger partial charge on any atom is -0.495 e. The molecule has 0 unspecified atom stereocenters. The second-order valence-electron chi connectivity index (χ2n) is 7.07. The Balaban J connectivity index is 2.05. The van der Waals surface area contributed by atoms with E-state index in [1.807, 2.05) is 6.07 Å². The van der Waals surface area contributed by atoms with Crippen molar-refractivity contribution >= 4 is 17.6 Å². The molecule has 2 aromatic carbocycles. The van der Waals surface area contributed by atoms with Crippen molar-refractivity contribution in [3.05, 3.63) is 69.8 Å². The highest BCUT2D eigenvalue weighted by atomic mass is 35.5. The molecule has 1 aliphatic rings. The summed E-state index contributed by atoms with van der Waals surface area (Å²) in [5.41, 5.74) is 0.609. The van der Waals surface area contributed by atoms with Gasteiger partial charge in [-0.1, -0.05) is 23.7 Å². The van der Waals surface area contributed by atoms with Crippen molar-refractivity contribution in [3.63, 3.8) is 0 Å². The molecule has 12 heteroatoms. The highest BCUT2D eigenvalue weighted by molar-refractivity contribution is 6.32. The number of ether oxygens (including phenoxy) is 2. The molecular weight excluding hydrogens is 465 g/mol. The molecule has 2 atom stereocenters. The zero-order valence-electron chi connectivity index (χ0n) is 16.8. The van der Waals surface area contributed by atoms with Crippen LogP contribution in [0, 0.1) is 11.3 Å². The lowest BCUT2D eigenvalue weighted by atomic mass is 9.97. The van der Waals surface area contributed by atoms with Crippen LogP contribution in [0.4, 0.5) is 13.2 Å². The number of hydrogen-bond acceptors (Lipinski definition) is 6. The number of aliphatic carboxylic acids is 1. The third-order valence-corrected chi connectivity index (χ3v) is 5.47.